The van der Waals surface area contributed by atoms with Crippen LogP contribution in [-0.4, -0.2) is 21.6 Å². The molecular weight excluding hydrogens is 282 g/mol. The van der Waals surface area contributed by atoms with Gasteiger partial charge in [0.2, 0.25) is 5.91 Å². The second-order valence-corrected chi connectivity index (χ2v) is 4.34. The average molecular weight is 294 g/mol. The molecule has 0 spiro atoms. The molecule has 1 heterocycles. The second kappa shape index (κ2) is 6.17. The summed E-state index contributed by atoms with van der Waals surface area (Å²) in [6.45, 7) is -0.391. The standard InChI is InChI=1S/C14H12F2N2O3/c15-10-3-4-11(16)9(6-10)7-17-13(19)8-18-5-1-2-12(18)14(20)21/h1-6H,7-8H2,(H,17,19)(H,20,21). The molecule has 0 saturated carbocycles. The molecule has 1 amide bonds. The van der Waals surface area contributed by atoms with Gasteiger partial charge in [-0.3, -0.25) is 4.79 Å². The second-order valence-electron chi connectivity index (χ2n) is 4.34. The Morgan fingerprint density at radius 2 is 2.00 bits per heavy atom. The Bertz CT molecular complexity index is 683. The maximum absolute atomic E-state index is 13.4. The van der Waals surface area contributed by atoms with E-state index in [2.05, 4.69) is 5.32 Å². The third kappa shape index (κ3) is 3.65. The number of rotatable bonds is 5. The third-order valence-electron chi connectivity index (χ3n) is 2.85. The minimum atomic E-state index is -1.15. The van der Waals surface area contributed by atoms with E-state index in [1.807, 2.05) is 0 Å². The van der Waals surface area contributed by atoms with Crippen molar-refractivity contribution >= 4 is 11.9 Å². The number of nitrogens with zero attached hydrogens (tertiary/aromatic N) is 1. The van der Waals surface area contributed by atoms with Crippen LogP contribution in [0.1, 0.15) is 16.1 Å². The highest BCUT2D eigenvalue weighted by Crippen LogP contribution is 2.09. The number of hydrogen-bond donors (Lipinski definition) is 2. The number of halogens is 2. The minimum Gasteiger partial charge on any atom is -0.477 e. The fraction of sp³-hybridized carbons (Fsp3) is 0.143. The summed E-state index contributed by atoms with van der Waals surface area (Å²) in [5.41, 5.74) is -0.00333. The number of carbonyl (C=O) groups excluding carboxylic acids is 1. The van der Waals surface area contributed by atoms with Crippen LogP contribution in [0.2, 0.25) is 0 Å². The lowest BCUT2D eigenvalue weighted by atomic mass is 10.2. The third-order valence-corrected chi connectivity index (χ3v) is 2.85. The van der Waals surface area contributed by atoms with Crippen molar-refractivity contribution in [2.75, 3.05) is 0 Å². The van der Waals surface area contributed by atoms with Crippen LogP contribution < -0.4 is 5.32 Å². The van der Waals surface area contributed by atoms with E-state index in [-0.39, 0.29) is 24.3 Å². The summed E-state index contributed by atoms with van der Waals surface area (Å²) in [6.07, 6.45) is 1.45. The van der Waals surface area contributed by atoms with Gasteiger partial charge >= 0.3 is 5.97 Å². The molecule has 0 aliphatic heterocycles. The average Bonchev–Trinajstić information content (AvgIpc) is 2.88. The number of benzene rings is 1. The predicted octanol–water partition coefficient (Wildman–Crippen LogP) is 1.78. The smallest absolute Gasteiger partial charge is 0.352 e. The number of carboxylic acids is 1. The molecule has 1 aromatic heterocycles. The molecule has 0 saturated heterocycles. The van der Waals surface area contributed by atoms with Gasteiger partial charge < -0.3 is 15.0 Å². The van der Waals surface area contributed by atoms with Crippen LogP contribution in [0.25, 0.3) is 0 Å². The summed E-state index contributed by atoms with van der Waals surface area (Å²) < 4.78 is 27.6. The van der Waals surface area contributed by atoms with Gasteiger partial charge in [-0.05, 0) is 30.3 Å². The van der Waals surface area contributed by atoms with Crippen LogP contribution >= 0.6 is 0 Å². The number of hydrogen-bond acceptors (Lipinski definition) is 2. The molecule has 2 N–H and O–H groups in total. The molecule has 5 nitrogen and oxygen atoms in total. The minimum absolute atomic E-state index is 0.0225. The molecule has 0 atom stereocenters. The summed E-state index contributed by atoms with van der Waals surface area (Å²) in [5.74, 6) is -2.87. The Hall–Kier alpha value is -2.70. The van der Waals surface area contributed by atoms with Gasteiger partial charge in [-0.15, -0.1) is 0 Å². The van der Waals surface area contributed by atoms with Crippen LogP contribution in [0.3, 0.4) is 0 Å². The lowest BCUT2D eigenvalue weighted by molar-refractivity contribution is -0.121. The zero-order valence-corrected chi connectivity index (χ0v) is 10.8. The highest BCUT2D eigenvalue weighted by molar-refractivity contribution is 5.86. The molecule has 0 bridgehead atoms. The van der Waals surface area contributed by atoms with Crippen LogP contribution in [0, 0.1) is 11.6 Å². The molecule has 21 heavy (non-hydrogen) atoms. The summed E-state index contributed by atoms with van der Waals surface area (Å²) in [4.78, 5) is 22.6. The zero-order valence-electron chi connectivity index (χ0n) is 10.8. The normalized spacial score (nSPS) is 10.4. The molecule has 0 aliphatic carbocycles. The van der Waals surface area contributed by atoms with Crippen molar-refractivity contribution in [1.29, 1.82) is 0 Å². The van der Waals surface area contributed by atoms with E-state index in [1.165, 1.54) is 22.9 Å². The van der Waals surface area contributed by atoms with Gasteiger partial charge in [-0.2, -0.15) is 0 Å². The monoisotopic (exact) mass is 294 g/mol. The molecule has 0 unspecified atom stereocenters. The van der Waals surface area contributed by atoms with Crippen LogP contribution in [0.4, 0.5) is 8.78 Å². The first-order valence-electron chi connectivity index (χ1n) is 6.06. The van der Waals surface area contributed by atoms with Gasteiger partial charge in [0.25, 0.3) is 0 Å². The van der Waals surface area contributed by atoms with Gasteiger partial charge in [-0.25, -0.2) is 13.6 Å². The van der Waals surface area contributed by atoms with Gasteiger partial charge in [-0.1, -0.05) is 0 Å². The van der Waals surface area contributed by atoms with E-state index in [1.54, 1.807) is 0 Å². The fourth-order valence-corrected chi connectivity index (χ4v) is 1.83. The van der Waals surface area contributed by atoms with Crippen molar-refractivity contribution in [3.05, 3.63) is 59.4 Å². The lowest BCUT2D eigenvalue weighted by Crippen LogP contribution is -2.28. The molecule has 2 rings (SSSR count). The maximum Gasteiger partial charge on any atom is 0.352 e. The molecule has 1 aromatic carbocycles. The summed E-state index contributed by atoms with van der Waals surface area (Å²) >= 11 is 0. The summed E-state index contributed by atoms with van der Waals surface area (Å²) in [7, 11) is 0. The zero-order chi connectivity index (χ0) is 15.4. The number of aromatic carboxylic acids is 1. The van der Waals surface area contributed by atoms with Crippen LogP contribution in [0.15, 0.2) is 36.5 Å². The van der Waals surface area contributed by atoms with Gasteiger partial charge in [0.1, 0.15) is 23.9 Å². The maximum atomic E-state index is 13.4. The van der Waals surface area contributed by atoms with E-state index in [0.717, 1.165) is 18.2 Å². The number of nitrogens with one attached hydrogen (secondary N) is 1. The van der Waals surface area contributed by atoms with Crippen molar-refractivity contribution in [2.45, 2.75) is 13.1 Å². The summed E-state index contributed by atoms with van der Waals surface area (Å²) in [6, 6.07) is 5.82. The summed E-state index contributed by atoms with van der Waals surface area (Å²) in [5, 5.41) is 11.3. The van der Waals surface area contributed by atoms with Crippen LogP contribution in [0.5, 0.6) is 0 Å². The predicted molar refractivity (Wildman–Crippen MR) is 69.6 cm³/mol. The molecule has 2 aromatic rings. The van der Waals surface area contributed by atoms with Crippen molar-refractivity contribution in [3.63, 3.8) is 0 Å². The van der Waals surface area contributed by atoms with Crippen molar-refractivity contribution < 1.29 is 23.5 Å². The van der Waals surface area contributed by atoms with E-state index < -0.39 is 23.5 Å². The Labute approximate surface area is 118 Å². The number of carbonyl (C=O) groups is 2. The van der Waals surface area contributed by atoms with E-state index in [4.69, 9.17) is 5.11 Å². The van der Waals surface area contributed by atoms with E-state index in [9.17, 15) is 18.4 Å². The van der Waals surface area contributed by atoms with Gasteiger partial charge in [0, 0.05) is 18.3 Å². The van der Waals surface area contributed by atoms with E-state index >= 15 is 0 Å². The first kappa shape index (κ1) is 14.7. The number of amides is 1. The molecule has 0 fully saturated rings. The lowest BCUT2D eigenvalue weighted by Gasteiger charge is -2.08. The first-order valence-corrected chi connectivity index (χ1v) is 6.06. The largest absolute Gasteiger partial charge is 0.477 e. The molecule has 7 heteroatoms. The Morgan fingerprint density at radius 1 is 1.24 bits per heavy atom. The van der Waals surface area contributed by atoms with Crippen molar-refractivity contribution in [2.24, 2.45) is 0 Å². The highest BCUT2D eigenvalue weighted by Gasteiger charge is 2.12. The number of carboxylic acid groups (broad SMARTS) is 1. The Morgan fingerprint density at radius 3 is 2.71 bits per heavy atom. The first-order chi connectivity index (χ1) is 9.97. The highest BCUT2D eigenvalue weighted by atomic mass is 19.1. The van der Waals surface area contributed by atoms with Gasteiger partial charge in [0.15, 0.2) is 0 Å². The molecule has 0 aliphatic rings. The molecule has 0 radical (unpaired) electrons. The SMILES string of the molecule is O=C(Cn1cccc1C(=O)O)NCc1cc(F)ccc1F. The van der Waals surface area contributed by atoms with E-state index in [0.29, 0.717) is 0 Å². The number of aromatic nitrogens is 1. The molecule has 110 valence electrons. The topological polar surface area (TPSA) is 71.3 Å². The van der Waals surface area contributed by atoms with Crippen molar-refractivity contribution in [3.8, 4) is 0 Å². The Balaban J connectivity index is 1.98. The van der Waals surface area contributed by atoms with Gasteiger partial charge in [0.05, 0.1) is 0 Å². The Kier molecular flexibility index (Phi) is 4.32. The van der Waals surface area contributed by atoms with Crippen LogP contribution in [-0.2, 0) is 17.9 Å². The fourth-order valence-electron chi connectivity index (χ4n) is 1.83. The molecular formula is C14H12F2N2O3. The van der Waals surface area contributed by atoms with Crippen molar-refractivity contribution in [1.82, 2.24) is 9.88 Å². The quantitative estimate of drug-likeness (QED) is 0.883.